The SMILES string of the molecule is CC(=O)N1N=C(c2ccc(F)cc2F)S[C@]12c1cc(F)ccc1CC[C@@H]2CCN. The van der Waals surface area contributed by atoms with E-state index in [0.29, 0.717) is 18.5 Å². The molecule has 2 atom stereocenters. The lowest BCUT2D eigenvalue weighted by atomic mass is 9.77. The zero-order valence-electron chi connectivity index (χ0n) is 15.8. The van der Waals surface area contributed by atoms with Crippen LogP contribution in [0.2, 0.25) is 0 Å². The van der Waals surface area contributed by atoms with Crippen LogP contribution in [0.1, 0.15) is 36.5 Å². The monoisotopic (exact) mass is 419 g/mol. The number of carbonyl (C=O) groups excluding carboxylic acids is 1. The molecule has 2 N–H and O–H groups in total. The minimum absolute atomic E-state index is 0.0968. The van der Waals surface area contributed by atoms with Gasteiger partial charge in [0.05, 0.1) is 0 Å². The van der Waals surface area contributed by atoms with Gasteiger partial charge in [0.1, 0.15) is 27.4 Å². The van der Waals surface area contributed by atoms with Crippen LogP contribution in [0, 0.1) is 23.4 Å². The first-order valence-corrected chi connectivity index (χ1v) is 10.2. The average Bonchev–Trinajstić information content (AvgIpc) is 3.06. The van der Waals surface area contributed by atoms with E-state index >= 15 is 0 Å². The maximum absolute atomic E-state index is 14.5. The lowest BCUT2D eigenvalue weighted by Gasteiger charge is -2.45. The standard InChI is InChI=1S/C21H20F3N3OS/c1-12(28)27-21(29-20(26-27)17-7-6-16(23)11-19(17)24)14(8-9-25)4-2-13-3-5-15(22)10-18(13)21/h3,5-7,10-11,14H,2,4,8-9,25H2,1H3/t14-,21-/m1/s1. The number of hydrogen-bond donors (Lipinski definition) is 1. The summed E-state index contributed by atoms with van der Waals surface area (Å²) in [5.74, 6) is -2.31. The van der Waals surface area contributed by atoms with Crippen LogP contribution in [0.15, 0.2) is 41.5 Å². The Hall–Kier alpha value is -2.32. The molecule has 0 aromatic heterocycles. The second-order valence-electron chi connectivity index (χ2n) is 7.27. The normalized spacial score (nSPS) is 23.3. The Bertz CT molecular complexity index is 1010. The molecule has 29 heavy (non-hydrogen) atoms. The van der Waals surface area contributed by atoms with Crippen LogP contribution in [-0.2, 0) is 16.1 Å². The molecule has 0 fully saturated rings. The van der Waals surface area contributed by atoms with Crippen molar-refractivity contribution < 1.29 is 18.0 Å². The number of thioether (sulfide) groups is 1. The maximum Gasteiger partial charge on any atom is 0.241 e. The van der Waals surface area contributed by atoms with Gasteiger partial charge < -0.3 is 5.73 Å². The molecule has 0 bridgehead atoms. The van der Waals surface area contributed by atoms with Gasteiger partial charge in [0.15, 0.2) is 0 Å². The number of nitrogens with two attached hydrogens (primary N) is 1. The average molecular weight is 419 g/mol. The van der Waals surface area contributed by atoms with Gasteiger partial charge in [0.25, 0.3) is 0 Å². The number of benzene rings is 2. The topological polar surface area (TPSA) is 58.7 Å². The van der Waals surface area contributed by atoms with E-state index < -0.39 is 22.3 Å². The fraction of sp³-hybridized carbons (Fsp3) is 0.333. The van der Waals surface area contributed by atoms with Gasteiger partial charge in [-0.1, -0.05) is 17.8 Å². The van der Waals surface area contributed by atoms with E-state index in [1.54, 1.807) is 6.07 Å². The number of carbonyl (C=O) groups is 1. The summed E-state index contributed by atoms with van der Waals surface area (Å²) in [6.07, 6.45) is 2.07. The van der Waals surface area contributed by atoms with Crippen molar-refractivity contribution in [1.82, 2.24) is 5.01 Å². The Morgan fingerprint density at radius 1 is 1.24 bits per heavy atom. The molecule has 152 valence electrons. The third-order valence-corrected chi connectivity index (χ3v) is 7.04. The number of amides is 1. The number of halogens is 3. The van der Waals surface area contributed by atoms with Crippen molar-refractivity contribution in [3.8, 4) is 0 Å². The van der Waals surface area contributed by atoms with Crippen LogP contribution in [0.5, 0.6) is 0 Å². The summed E-state index contributed by atoms with van der Waals surface area (Å²) < 4.78 is 42.1. The van der Waals surface area contributed by atoms with Crippen LogP contribution in [-0.4, -0.2) is 22.5 Å². The van der Waals surface area contributed by atoms with Crippen LogP contribution < -0.4 is 5.73 Å². The highest BCUT2D eigenvalue weighted by Crippen LogP contribution is 2.57. The molecule has 1 spiro atoms. The Morgan fingerprint density at radius 3 is 2.66 bits per heavy atom. The fourth-order valence-electron chi connectivity index (χ4n) is 4.26. The first-order valence-electron chi connectivity index (χ1n) is 9.39. The van der Waals surface area contributed by atoms with E-state index in [9.17, 15) is 18.0 Å². The molecule has 2 aromatic rings. The van der Waals surface area contributed by atoms with E-state index in [2.05, 4.69) is 5.10 Å². The van der Waals surface area contributed by atoms with Crippen molar-refractivity contribution in [2.24, 2.45) is 16.8 Å². The lowest BCUT2D eigenvalue weighted by Crippen LogP contribution is -2.49. The molecule has 1 heterocycles. The first kappa shape index (κ1) is 20.0. The maximum atomic E-state index is 14.5. The van der Waals surface area contributed by atoms with Gasteiger partial charge in [0.2, 0.25) is 5.91 Å². The summed E-state index contributed by atoms with van der Waals surface area (Å²) in [4.78, 5) is 11.6. The third-order valence-electron chi connectivity index (χ3n) is 5.51. The Morgan fingerprint density at radius 2 is 1.97 bits per heavy atom. The smallest absolute Gasteiger partial charge is 0.241 e. The van der Waals surface area contributed by atoms with Gasteiger partial charge in [-0.05, 0) is 67.1 Å². The summed E-state index contributed by atoms with van der Waals surface area (Å²) >= 11 is 1.21. The zero-order valence-corrected chi connectivity index (χ0v) is 16.6. The molecule has 1 aliphatic heterocycles. The van der Waals surface area contributed by atoms with Gasteiger partial charge >= 0.3 is 0 Å². The van der Waals surface area contributed by atoms with Crippen molar-refractivity contribution >= 4 is 22.7 Å². The summed E-state index contributed by atoms with van der Waals surface area (Å²) in [5.41, 5.74) is 7.53. The van der Waals surface area contributed by atoms with Crippen molar-refractivity contribution in [2.45, 2.75) is 31.1 Å². The molecular weight excluding hydrogens is 399 g/mol. The Labute approximate surface area is 171 Å². The number of rotatable bonds is 3. The molecule has 4 rings (SSSR count). The van der Waals surface area contributed by atoms with Crippen molar-refractivity contribution in [2.75, 3.05) is 6.54 Å². The predicted molar refractivity (Wildman–Crippen MR) is 107 cm³/mol. The minimum atomic E-state index is -1.02. The number of nitrogens with zero attached hydrogens (tertiary/aromatic N) is 2. The third kappa shape index (κ3) is 3.24. The molecule has 0 unspecified atom stereocenters. The molecule has 1 aliphatic carbocycles. The molecule has 8 heteroatoms. The number of hydrazone groups is 1. The van der Waals surface area contributed by atoms with E-state index in [-0.39, 0.29) is 22.4 Å². The van der Waals surface area contributed by atoms with Crippen molar-refractivity contribution in [3.63, 3.8) is 0 Å². The quantitative estimate of drug-likeness (QED) is 0.814. The second-order valence-corrected chi connectivity index (χ2v) is 8.49. The van der Waals surface area contributed by atoms with Crippen LogP contribution in [0.3, 0.4) is 0 Å². The molecular formula is C21H20F3N3OS. The summed E-state index contributed by atoms with van der Waals surface area (Å²) in [7, 11) is 0. The van der Waals surface area contributed by atoms with Crippen LogP contribution >= 0.6 is 11.8 Å². The highest BCUT2D eigenvalue weighted by atomic mass is 32.2. The highest BCUT2D eigenvalue weighted by Gasteiger charge is 2.55. The number of hydrogen-bond acceptors (Lipinski definition) is 4. The predicted octanol–water partition coefficient (Wildman–Crippen LogP) is 4.13. The second kappa shape index (κ2) is 7.50. The van der Waals surface area contributed by atoms with Crippen molar-refractivity contribution in [1.29, 1.82) is 0 Å². The lowest BCUT2D eigenvalue weighted by molar-refractivity contribution is -0.134. The molecule has 0 radical (unpaired) electrons. The minimum Gasteiger partial charge on any atom is -0.330 e. The molecule has 0 saturated heterocycles. The molecule has 4 nitrogen and oxygen atoms in total. The largest absolute Gasteiger partial charge is 0.330 e. The molecule has 0 saturated carbocycles. The summed E-state index contributed by atoms with van der Waals surface area (Å²) in [6.45, 7) is 1.77. The Balaban J connectivity index is 1.90. The molecule has 2 aliphatic rings. The fourth-order valence-corrected chi connectivity index (χ4v) is 5.92. The van der Waals surface area contributed by atoms with Gasteiger partial charge in [-0.2, -0.15) is 5.10 Å². The van der Waals surface area contributed by atoms with E-state index in [4.69, 9.17) is 5.73 Å². The van der Waals surface area contributed by atoms with Gasteiger partial charge in [-0.15, -0.1) is 0 Å². The number of aryl methyl sites for hydroxylation is 1. The summed E-state index contributed by atoms with van der Waals surface area (Å²) in [5, 5.41) is 6.01. The van der Waals surface area contributed by atoms with Crippen LogP contribution in [0.4, 0.5) is 13.2 Å². The van der Waals surface area contributed by atoms with E-state index in [1.807, 2.05) is 0 Å². The Kier molecular flexibility index (Phi) is 5.16. The van der Waals surface area contributed by atoms with E-state index in [1.165, 1.54) is 41.9 Å². The molecule has 2 aromatic carbocycles. The van der Waals surface area contributed by atoms with Gasteiger partial charge in [-0.3, -0.25) is 4.79 Å². The zero-order chi connectivity index (χ0) is 20.8. The number of fused-ring (bicyclic) bond motifs is 2. The van der Waals surface area contributed by atoms with Gasteiger partial charge in [0, 0.05) is 18.6 Å². The van der Waals surface area contributed by atoms with Crippen LogP contribution in [0.25, 0.3) is 0 Å². The van der Waals surface area contributed by atoms with Gasteiger partial charge in [-0.25, -0.2) is 18.2 Å². The molecule has 1 amide bonds. The first-order chi connectivity index (χ1) is 13.9. The summed E-state index contributed by atoms with van der Waals surface area (Å²) in [6, 6.07) is 7.79. The van der Waals surface area contributed by atoms with E-state index in [0.717, 1.165) is 30.5 Å². The van der Waals surface area contributed by atoms with Crippen molar-refractivity contribution in [3.05, 3.63) is 70.5 Å². The highest BCUT2D eigenvalue weighted by molar-refractivity contribution is 8.15.